The molecule has 66 heavy (non-hydrogen) atoms. The number of carbonyl (C=O) groups is 2. The van der Waals surface area contributed by atoms with Crippen molar-refractivity contribution in [3.05, 3.63) is 89.9 Å². The molecule has 2 amide bonds. The Labute approximate surface area is 391 Å². The van der Waals surface area contributed by atoms with Gasteiger partial charge in [0.25, 0.3) is 0 Å². The molecule has 0 aliphatic carbocycles. The van der Waals surface area contributed by atoms with Gasteiger partial charge in [-0.15, -0.1) is 0 Å². The SMILES string of the molecule is CS(=O)(=O)c1cccc(-c2cnc3[nH]ccc3c2N[C@@H]2CCCN(C(=O)CC#N)C2)c1.CS(=O)(=O)c1cccc(B(O)O)c1.N#CCC(=O)N1CCC[C@@H](Nc2c(Br)cnc3[nH]ccc23)C1. The molecule has 2 fully saturated rings. The van der Waals surface area contributed by atoms with Crippen LogP contribution in [0.5, 0.6) is 0 Å². The van der Waals surface area contributed by atoms with E-state index in [0.717, 1.165) is 87.5 Å². The van der Waals surface area contributed by atoms with Gasteiger partial charge < -0.3 is 40.4 Å². The van der Waals surface area contributed by atoms with Crippen LogP contribution in [0.4, 0.5) is 11.4 Å². The summed E-state index contributed by atoms with van der Waals surface area (Å²) in [6.45, 7) is 2.52. The standard InChI is InChI=1S/C22H23N5O3S.C15H16BrN5O.C7H9BO4S/c1-31(29,30)17-6-2-4-15(12-17)19-13-25-22-18(8-10-24-22)21(19)26-16-5-3-11-27(14-16)20(28)7-9-23;16-12-8-19-15-11(4-6-18-15)14(12)20-10-2-1-7-21(9-10)13(22)3-5-17;1-13(11,12)7-4-2-3-6(5-7)8(9)10/h2,4,6,8,10,12-13,16H,3,5,7,11,14H2,1H3,(H2,24,25,26);4,6,8,10H,1-3,7,9H2,(H2,18,19,20);2-5,9-10H,1H3/t16-;10-;/m11./s1. The number of hydrogen-bond acceptors (Lipinski definition) is 14. The Balaban J connectivity index is 0.000000179. The molecule has 0 spiro atoms. The molecule has 2 atom stereocenters. The highest BCUT2D eigenvalue weighted by molar-refractivity contribution is 9.10. The molecule has 6 heterocycles. The number of H-pyrrole nitrogens is 2. The highest BCUT2D eigenvalue weighted by Gasteiger charge is 2.27. The molecule has 2 aromatic carbocycles. The van der Waals surface area contributed by atoms with E-state index in [0.29, 0.717) is 19.6 Å². The van der Waals surface area contributed by atoms with Crippen LogP contribution in [-0.2, 0) is 29.3 Å². The third-order valence-corrected chi connectivity index (χ3v) is 13.8. The van der Waals surface area contributed by atoms with Crippen LogP contribution in [-0.4, -0.2) is 126 Å². The summed E-state index contributed by atoms with van der Waals surface area (Å²) in [7, 11) is -8.26. The van der Waals surface area contributed by atoms with E-state index in [1.165, 1.54) is 30.5 Å². The smallest absolute Gasteiger partial charge is 0.423 e. The minimum atomic E-state index is -3.34. The first-order valence-electron chi connectivity index (χ1n) is 20.8. The van der Waals surface area contributed by atoms with Crippen LogP contribution in [0.2, 0.25) is 0 Å². The van der Waals surface area contributed by atoms with Gasteiger partial charge in [-0.1, -0.05) is 24.3 Å². The highest BCUT2D eigenvalue weighted by atomic mass is 79.9. The van der Waals surface area contributed by atoms with Gasteiger partial charge in [0.05, 0.1) is 37.8 Å². The number of nitriles is 2. The number of likely N-dealkylation sites (tertiary alicyclic amines) is 2. The number of benzene rings is 2. The number of carbonyl (C=O) groups excluding carboxylic acids is 2. The Morgan fingerprint density at radius 3 is 1.80 bits per heavy atom. The summed E-state index contributed by atoms with van der Waals surface area (Å²) in [5, 5.41) is 44.1. The van der Waals surface area contributed by atoms with E-state index in [1.807, 2.05) is 42.7 Å². The van der Waals surface area contributed by atoms with Gasteiger partial charge in [0, 0.05) is 91.9 Å². The monoisotopic (exact) mass is 998 g/mol. The zero-order chi connectivity index (χ0) is 47.6. The number of halogens is 1. The number of amides is 2. The predicted octanol–water partition coefficient (Wildman–Crippen LogP) is 4.36. The third-order valence-electron chi connectivity index (χ3n) is 11.0. The molecule has 18 nitrogen and oxygen atoms in total. The van der Waals surface area contributed by atoms with E-state index in [2.05, 4.69) is 46.5 Å². The van der Waals surface area contributed by atoms with Crippen molar-refractivity contribution < 1.29 is 36.5 Å². The van der Waals surface area contributed by atoms with E-state index < -0.39 is 26.8 Å². The Morgan fingerprint density at radius 1 is 0.773 bits per heavy atom. The maximum absolute atomic E-state index is 12.2. The minimum Gasteiger partial charge on any atom is -0.423 e. The lowest BCUT2D eigenvalue weighted by Crippen LogP contribution is -2.45. The van der Waals surface area contributed by atoms with Crippen molar-refractivity contribution in [2.75, 3.05) is 49.3 Å². The number of aromatic amines is 2. The fourth-order valence-corrected chi connectivity index (χ4v) is 9.50. The van der Waals surface area contributed by atoms with Crippen LogP contribution in [0.1, 0.15) is 38.5 Å². The van der Waals surface area contributed by atoms with Crippen LogP contribution >= 0.6 is 15.9 Å². The average Bonchev–Trinajstić information content (AvgIpc) is 3.99. The van der Waals surface area contributed by atoms with Gasteiger partial charge >= 0.3 is 7.12 Å². The predicted molar refractivity (Wildman–Crippen MR) is 255 cm³/mol. The largest absolute Gasteiger partial charge is 0.488 e. The molecular weight excluding hydrogens is 951 g/mol. The second-order valence-corrected chi connectivity index (χ2v) is 20.7. The first-order chi connectivity index (χ1) is 31.5. The Morgan fingerprint density at radius 2 is 1.27 bits per heavy atom. The number of nitrogens with one attached hydrogen (secondary N) is 4. The van der Waals surface area contributed by atoms with E-state index in [1.54, 1.807) is 40.4 Å². The fourth-order valence-electron chi connectivity index (χ4n) is 7.72. The molecule has 2 aliphatic heterocycles. The number of rotatable bonds is 10. The summed E-state index contributed by atoms with van der Waals surface area (Å²) < 4.78 is 47.1. The van der Waals surface area contributed by atoms with Gasteiger partial charge in [-0.25, -0.2) is 26.8 Å². The molecule has 6 aromatic rings. The summed E-state index contributed by atoms with van der Waals surface area (Å²) in [6.07, 6.45) is 12.9. The van der Waals surface area contributed by atoms with Crippen molar-refractivity contribution in [1.29, 1.82) is 10.5 Å². The average molecular weight is 1000 g/mol. The van der Waals surface area contributed by atoms with Gasteiger partial charge in [0.15, 0.2) is 19.7 Å². The van der Waals surface area contributed by atoms with Crippen LogP contribution in [0, 0.1) is 22.7 Å². The van der Waals surface area contributed by atoms with E-state index in [-0.39, 0.29) is 52.0 Å². The van der Waals surface area contributed by atoms with Crippen LogP contribution in [0.25, 0.3) is 33.2 Å². The molecule has 6 N–H and O–H groups in total. The maximum atomic E-state index is 12.2. The van der Waals surface area contributed by atoms with E-state index in [4.69, 9.17) is 20.6 Å². The number of sulfone groups is 2. The molecule has 8 rings (SSSR count). The third kappa shape index (κ3) is 12.5. The number of fused-ring (bicyclic) bond motifs is 2. The number of aromatic nitrogens is 4. The van der Waals surface area contributed by atoms with Crippen molar-refractivity contribution in [1.82, 2.24) is 29.7 Å². The number of piperidine rings is 2. The van der Waals surface area contributed by atoms with Crippen LogP contribution in [0.15, 0.2) is 99.7 Å². The Bertz CT molecular complexity index is 3020. The summed E-state index contributed by atoms with van der Waals surface area (Å²) in [6, 6.07) is 20.3. The lowest BCUT2D eigenvalue weighted by Gasteiger charge is -2.34. The van der Waals surface area contributed by atoms with Crippen LogP contribution < -0.4 is 16.1 Å². The summed E-state index contributed by atoms with van der Waals surface area (Å²) in [5.41, 5.74) is 5.09. The van der Waals surface area contributed by atoms with E-state index in [9.17, 15) is 26.4 Å². The Hall–Kier alpha value is -6.30. The molecular formula is C44H48BBrN10O8S2. The Kier molecular flexibility index (Phi) is 16.2. The lowest BCUT2D eigenvalue weighted by atomic mass is 9.80. The van der Waals surface area contributed by atoms with E-state index >= 15 is 0 Å². The molecule has 4 aromatic heterocycles. The first-order valence-corrected chi connectivity index (χ1v) is 25.4. The zero-order valence-electron chi connectivity index (χ0n) is 36.1. The molecule has 0 unspecified atom stereocenters. The summed E-state index contributed by atoms with van der Waals surface area (Å²) >= 11 is 3.54. The molecule has 2 aliphatic rings. The lowest BCUT2D eigenvalue weighted by molar-refractivity contribution is -0.131. The van der Waals surface area contributed by atoms with Crippen LogP contribution in [0.3, 0.4) is 0 Å². The quantitative estimate of drug-likeness (QED) is 0.104. The molecule has 0 bridgehead atoms. The van der Waals surface area contributed by atoms with Crippen molar-refractivity contribution in [2.24, 2.45) is 0 Å². The molecule has 22 heteroatoms. The van der Waals surface area contributed by atoms with Crippen molar-refractivity contribution in [3.63, 3.8) is 0 Å². The normalized spacial score (nSPS) is 16.2. The first kappa shape index (κ1) is 49.1. The summed E-state index contributed by atoms with van der Waals surface area (Å²) in [5.74, 6) is -0.244. The van der Waals surface area contributed by atoms with Gasteiger partial charge in [-0.3, -0.25) is 9.59 Å². The maximum Gasteiger partial charge on any atom is 0.488 e. The van der Waals surface area contributed by atoms with Gasteiger partial charge in [0.1, 0.15) is 24.1 Å². The number of anilines is 2. The second-order valence-electron chi connectivity index (χ2n) is 15.8. The topological polar surface area (TPSA) is 278 Å². The van der Waals surface area contributed by atoms with Gasteiger partial charge in [-0.05, 0) is 89.0 Å². The summed E-state index contributed by atoms with van der Waals surface area (Å²) in [4.78, 5) is 42.9. The van der Waals surface area contributed by atoms with Gasteiger partial charge in [-0.2, -0.15) is 10.5 Å². The number of nitrogens with zero attached hydrogens (tertiary/aromatic N) is 6. The minimum absolute atomic E-state index is 0.00809. The van der Waals surface area contributed by atoms with Crippen molar-refractivity contribution >= 4 is 93.4 Å². The molecule has 0 radical (unpaired) electrons. The van der Waals surface area contributed by atoms with Crippen molar-refractivity contribution in [2.45, 2.75) is 60.4 Å². The van der Waals surface area contributed by atoms with Gasteiger partial charge in [0.2, 0.25) is 11.8 Å². The number of hydrogen-bond donors (Lipinski definition) is 6. The molecule has 0 saturated carbocycles. The molecule has 2 saturated heterocycles. The van der Waals surface area contributed by atoms with Crippen molar-refractivity contribution in [3.8, 4) is 23.3 Å². The zero-order valence-corrected chi connectivity index (χ0v) is 39.3. The molecule has 344 valence electrons. The highest BCUT2D eigenvalue weighted by Crippen LogP contribution is 2.36. The second kappa shape index (κ2) is 21.8. The fraction of sp³-hybridized carbons (Fsp3) is 0.318. The number of pyridine rings is 2.